The minimum absolute atomic E-state index is 0.0128. The van der Waals surface area contributed by atoms with Gasteiger partial charge in [0.05, 0.1) is 17.3 Å². The Balaban J connectivity index is 1.71. The molecular formula is C23H25N5O6. The fourth-order valence-corrected chi connectivity index (χ4v) is 3.35. The summed E-state index contributed by atoms with van der Waals surface area (Å²) in [6.45, 7) is -0.222. The number of benzene rings is 2. The Morgan fingerprint density at radius 2 is 1.53 bits per heavy atom. The second-order valence-electron chi connectivity index (χ2n) is 7.43. The first kappa shape index (κ1) is 24.2. The first-order chi connectivity index (χ1) is 16.4. The molecule has 11 nitrogen and oxygen atoms in total. The van der Waals surface area contributed by atoms with Crippen molar-refractivity contribution in [3.05, 3.63) is 81.0 Å². The SMILES string of the molecule is O=C(O)CCNC(=O)Cn1c(=O)n(CCNC(=O)NCc2ccccc2)c(=O)c2ccccc21. The van der Waals surface area contributed by atoms with Crippen LogP contribution < -0.4 is 27.2 Å². The third kappa shape index (κ3) is 6.31. The molecule has 0 bridgehead atoms. The van der Waals surface area contributed by atoms with Gasteiger partial charge >= 0.3 is 17.7 Å². The van der Waals surface area contributed by atoms with Crippen LogP contribution in [0.1, 0.15) is 12.0 Å². The van der Waals surface area contributed by atoms with Crippen LogP contribution in [-0.2, 0) is 29.2 Å². The van der Waals surface area contributed by atoms with Crippen LogP contribution in [0.5, 0.6) is 0 Å². The Morgan fingerprint density at radius 1 is 0.824 bits per heavy atom. The molecule has 0 spiro atoms. The zero-order valence-corrected chi connectivity index (χ0v) is 18.3. The van der Waals surface area contributed by atoms with Crippen molar-refractivity contribution in [2.45, 2.75) is 26.1 Å². The summed E-state index contributed by atoms with van der Waals surface area (Å²) in [5.74, 6) is -1.62. The average molecular weight is 467 g/mol. The number of rotatable bonds is 10. The molecule has 0 unspecified atom stereocenters. The number of aromatic nitrogens is 2. The summed E-state index contributed by atoms with van der Waals surface area (Å²) < 4.78 is 2.12. The smallest absolute Gasteiger partial charge is 0.332 e. The molecule has 0 radical (unpaired) electrons. The summed E-state index contributed by atoms with van der Waals surface area (Å²) >= 11 is 0. The van der Waals surface area contributed by atoms with E-state index in [1.807, 2.05) is 30.3 Å². The molecule has 0 saturated carbocycles. The van der Waals surface area contributed by atoms with Crippen molar-refractivity contribution < 1.29 is 19.5 Å². The van der Waals surface area contributed by atoms with Crippen LogP contribution in [0, 0.1) is 0 Å². The fourth-order valence-electron chi connectivity index (χ4n) is 3.35. The number of nitrogens with one attached hydrogen (secondary N) is 3. The normalized spacial score (nSPS) is 10.6. The maximum atomic E-state index is 13.0. The van der Waals surface area contributed by atoms with E-state index in [1.54, 1.807) is 24.3 Å². The van der Waals surface area contributed by atoms with Crippen LogP contribution in [0.4, 0.5) is 4.79 Å². The number of amides is 3. The average Bonchev–Trinajstić information content (AvgIpc) is 2.83. The molecular weight excluding hydrogens is 442 g/mol. The minimum atomic E-state index is -1.06. The Hall–Kier alpha value is -4.41. The Labute approximate surface area is 194 Å². The Morgan fingerprint density at radius 3 is 2.26 bits per heavy atom. The van der Waals surface area contributed by atoms with Gasteiger partial charge in [0.25, 0.3) is 5.56 Å². The molecule has 0 aliphatic rings. The topological polar surface area (TPSA) is 152 Å². The number of hydrogen-bond donors (Lipinski definition) is 4. The third-order valence-electron chi connectivity index (χ3n) is 5.01. The van der Waals surface area contributed by atoms with Gasteiger partial charge in [-0.3, -0.25) is 23.5 Å². The summed E-state index contributed by atoms with van der Waals surface area (Å²) in [7, 11) is 0. The Bertz CT molecular complexity index is 1300. The molecule has 34 heavy (non-hydrogen) atoms. The van der Waals surface area contributed by atoms with Crippen molar-refractivity contribution >= 4 is 28.8 Å². The van der Waals surface area contributed by atoms with Crippen molar-refractivity contribution in [3.63, 3.8) is 0 Å². The third-order valence-corrected chi connectivity index (χ3v) is 5.01. The maximum absolute atomic E-state index is 13.0. The molecule has 1 heterocycles. The molecule has 1 aromatic heterocycles. The van der Waals surface area contributed by atoms with E-state index in [2.05, 4.69) is 16.0 Å². The van der Waals surface area contributed by atoms with Crippen molar-refractivity contribution in [2.24, 2.45) is 0 Å². The Kier molecular flexibility index (Phi) is 8.16. The van der Waals surface area contributed by atoms with Crippen LogP contribution in [-0.4, -0.2) is 45.2 Å². The molecule has 4 N–H and O–H groups in total. The van der Waals surface area contributed by atoms with Crippen LogP contribution in [0.25, 0.3) is 10.9 Å². The highest BCUT2D eigenvalue weighted by Crippen LogP contribution is 2.07. The van der Waals surface area contributed by atoms with E-state index in [0.717, 1.165) is 14.7 Å². The molecule has 3 amide bonds. The molecule has 0 saturated heterocycles. The van der Waals surface area contributed by atoms with Gasteiger partial charge in [0, 0.05) is 26.2 Å². The van der Waals surface area contributed by atoms with Gasteiger partial charge < -0.3 is 21.1 Å². The summed E-state index contributed by atoms with van der Waals surface area (Å²) in [6, 6.07) is 15.3. The summed E-state index contributed by atoms with van der Waals surface area (Å²) in [5.41, 5.74) is -0.0261. The number of urea groups is 1. The van der Waals surface area contributed by atoms with E-state index in [9.17, 15) is 24.0 Å². The van der Waals surface area contributed by atoms with E-state index < -0.39 is 29.2 Å². The lowest BCUT2D eigenvalue weighted by Crippen LogP contribution is -2.45. The van der Waals surface area contributed by atoms with E-state index in [4.69, 9.17) is 5.11 Å². The summed E-state index contributed by atoms with van der Waals surface area (Å²) in [5, 5.41) is 16.7. The number of para-hydroxylation sites is 1. The number of aliphatic carboxylic acids is 1. The van der Waals surface area contributed by atoms with Gasteiger partial charge in [-0.15, -0.1) is 0 Å². The molecule has 11 heteroatoms. The number of carbonyl (C=O) groups is 3. The van der Waals surface area contributed by atoms with Crippen molar-refractivity contribution in [2.75, 3.05) is 13.1 Å². The number of carboxylic acids is 1. The number of nitrogens with zero attached hydrogens (tertiary/aromatic N) is 2. The van der Waals surface area contributed by atoms with Crippen molar-refractivity contribution in [1.29, 1.82) is 0 Å². The van der Waals surface area contributed by atoms with Gasteiger partial charge in [0.2, 0.25) is 5.91 Å². The van der Waals surface area contributed by atoms with E-state index in [0.29, 0.717) is 6.54 Å². The number of hydrogen-bond acceptors (Lipinski definition) is 5. The zero-order chi connectivity index (χ0) is 24.5. The lowest BCUT2D eigenvalue weighted by Gasteiger charge is -2.14. The highest BCUT2D eigenvalue weighted by molar-refractivity contribution is 5.82. The van der Waals surface area contributed by atoms with Gasteiger partial charge in [-0.05, 0) is 17.7 Å². The molecule has 178 valence electrons. The summed E-state index contributed by atoms with van der Waals surface area (Å²) in [4.78, 5) is 60.9. The molecule has 3 aromatic rings. The van der Waals surface area contributed by atoms with Gasteiger partial charge in [-0.1, -0.05) is 42.5 Å². The van der Waals surface area contributed by atoms with E-state index >= 15 is 0 Å². The largest absolute Gasteiger partial charge is 0.481 e. The first-order valence-corrected chi connectivity index (χ1v) is 10.6. The van der Waals surface area contributed by atoms with Crippen LogP contribution >= 0.6 is 0 Å². The van der Waals surface area contributed by atoms with Gasteiger partial charge in [-0.25, -0.2) is 9.59 Å². The number of carbonyl (C=O) groups excluding carboxylic acids is 2. The van der Waals surface area contributed by atoms with Gasteiger partial charge in [0.1, 0.15) is 6.54 Å². The second-order valence-corrected chi connectivity index (χ2v) is 7.43. The lowest BCUT2D eigenvalue weighted by molar-refractivity contribution is -0.136. The van der Waals surface area contributed by atoms with Crippen LogP contribution in [0.3, 0.4) is 0 Å². The van der Waals surface area contributed by atoms with E-state index in [1.165, 1.54) is 0 Å². The second kappa shape index (κ2) is 11.5. The molecule has 0 aliphatic heterocycles. The molecule has 0 fully saturated rings. The number of fused-ring (bicyclic) bond motifs is 1. The van der Waals surface area contributed by atoms with Gasteiger partial charge in [0.15, 0.2) is 0 Å². The summed E-state index contributed by atoms with van der Waals surface area (Å²) in [6.07, 6.45) is -0.251. The molecule has 3 rings (SSSR count). The van der Waals surface area contributed by atoms with Crippen LogP contribution in [0.2, 0.25) is 0 Å². The fraction of sp³-hybridized carbons (Fsp3) is 0.261. The number of carboxylic acid groups (broad SMARTS) is 1. The van der Waals surface area contributed by atoms with E-state index in [-0.39, 0.29) is 43.5 Å². The monoisotopic (exact) mass is 467 g/mol. The predicted molar refractivity (Wildman–Crippen MR) is 124 cm³/mol. The van der Waals surface area contributed by atoms with Crippen molar-refractivity contribution in [1.82, 2.24) is 25.1 Å². The predicted octanol–water partition coefficient (Wildman–Crippen LogP) is 0.254. The zero-order valence-electron chi connectivity index (χ0n) is 18.3. The molecule has 0 aliphatic carbocycles. The standard InChI is InChI=1S/C23H25N5O6/c29-19(24-11-10-20(30)31)15-28-18-9-5-4-8-17(18)21(32)27(23(28)34)13-12-25-22(33)26-14-16-6-2-1-3-7-16/h1-9H,10-15H2,(H,24,29)(H,30,31)(H2,25,26,33). The lowest BCUT2D eigenvalue weighted by atomic mass is 10.2. The molecule has 2 aromatic carbocycles. The van der Waals surface area contributed by atoms with Gasteiger partial charge in [-0.2, -0.15) is 0 Å². The maximum Gasteiger partial charge on any atom is 0.332 e. The minimum Gasteiger partial charge on any atom is -0.481 e. The highest BCUT2D eigenvalue weighted by Gasteiger charge is 2.15. The van der Waals surface area contributed by atoms with Crippen LogP contribution in [0.15, 0.2) is 64.2 Å². The first-order valence-electron chi connectivity index (χ1n) is 10.6. The van der Waals surface area contributed by atoms with Crippen molar-refractivity contribution in [3.8, 4) is 0 Å². The molecule has 0 atom stereocenters. The highest BCUT2D eigenvalue weighted by atomic mass is 16.4. The quantitative estimate of drug-likeness (QED) is 0.336.